The molecule has 0 unspecified atom stereocenters. The second-order valence-corrected chi connectivity index (χ2v) is 6.76. The van der Waals surface area contributed by atoms with Gasteiger partial charge in [-0.1, -0.05) is 15.9 Å². The summed E-state index contributed by atoms with van der Waals surface area (Å²) in [6.07, 6.45) is 3.76. The van der Waals surface area contributed by atoms with Gasteiger partial charge in [0.2, 0.25) is 0 Å². The van der Waals surface area contributed by atoms with Gasteiger partial charge in [0, 0.05) is 21.8 Å². The number of halogens is 2. The molecule has 2 rings (SSSR count). The Balaban J connectivity index is 0.00000242. The van der Waals surface area contributed by atoms with E-state index in [0.717, 1.165) is 15.7 Å². The van der Waals surface area contributed by atoms with Gasteiger partial charge in [0.15, 0.2) is 5.96 Å². The fourth-order valence-corrected chi connectivity index (χ4v) is 2.04. The lowest BCUT2D eigenvalue weighted by Crippen LogP contribution is -2.44. The van der Waals surface area contributed by atoms with Crippen LogP contribution in [0.2, 0.25) is 0 Å². The van der Waals surface area contributed by atoms with Gasteiger partial charge in [-0.2, -0.15) is 5.10 Å². The van der Waals surface area contributed by atoms with Gasteiger partial charge in [0.05, 0.1) is 18.4 Å². The average Bonchev–Trinajstić information content (AvgIpc) is 2.84. The lowest BCUT2D eigenvalue weighted by Gasteiger charge is -2.20. The second kappa shape index (κ2) is 7.96. The molecule has 1 heterocycles. The summed E-state index contributed by atoms with van der Waals surface area (Å²) in [5.41, 5.74) is 7.78. The number of hydrogen-bond acceptors (Lipinski definition) is 2. The van der Waals surface area contributed by atoms with Crippen LogP contribution in [0.1, 0.15) is 26.3 Å². The zero-order valence-electron chi connectivity index (χ0n) is 12.9. The maximum absolute atomic E-state index is 5.85. The molecule has 0 spiro atoms. The van der Waals surface area contributed by atoms with E-state index in [1.54, 1.807) is 6.20 Å². The topological polar surface area (TPSA) is 68.2 Å². The third-order valence-corrected chi connectivity index (χ3v) is 3.19. The number of hydrogen-bond donors (Lipinski definition) is 2. The molecular formula is C15H21BrIN5. The van der Waals surface area contributed by atoms with Crippen LogP contribution in [-0.2, 0) is 6.54 Å². The molecular weight excluding hydrogens is 457 g/mol. The van der Waals surface area contributed by atoms with Gasteiger partial charge in [0.25, 0.3) is 0 Å². The normalized spacial score (nSPS) is 11.9. The van der Waals surface area contributed by atoms with E-state index in [1.165, 1.54) is 0 Å². The van der Waals surface area contributed by atoms with Crippen molar-refractivity contribution in [1.29, 1.82) is 0 Å². The molecule has 22 heavy (non-hydrogen) atoms. The lowest BCUT2D eigenvalue weighted by atomic mass is 10.1. The standard InChI is InChI=1S/C15H20BrN5.HI/c1-15(2,3)20-14(17)18-8-11-9-19-21(10-11)13-6-4-12(16)5-7-13;/h4-7,9-10H,8H2,1-3H3,(H3,17,18,20);1H. The summed E-state index contributed by atoms with van der Waals surface area (Å²) in [7, 11) is 0. The second-order valence-electron chi connectivity index (χ2n) is 5.85. The fourth-order valence-electron chi connectivity index (χ4n) is 1.78. The SMILES string of the molecule is CC(C)(C)NC(N)=NCc1cnn(-c2ccc(Br)cc2)c1.I. The van der Waals surface area contributed by atoms with Crippen molar-refractivity contribution in [3.8, 4) is 5.69 Å². The van der Waals surface area contributed by atoms with E-state index in [4.69, 9.17) is 5.73 Å². The predicted octanol–water partition coefficient (Wildman–Crippen LogP) is 3.46. The monoisotopic (exact) mass is 477 g/mol. The third-order valence-electron chi connectivity index (χ3n) is 2.66. The molecule has 0 aliphatic heterocycles. The summed E-state index contributed by atoms with van der Waals surface area (Å²) >= 11 is 3.42. The van der Waals surface area contributed by atoms with E-state index in [9.17, 15) is 0 Å². The van der Waals surface area contributed by atoms with E-state index in [-0.39, 0.29) is 29.5 Å². The van der Waals surface area contributed by atoms with Crippen LogP contribution in [0, 0.1) is 0 Å². The maximum atomic E-state index is 5.85. The van der Waals surface area contributed by atoms with Crippen LogP contribution in [0.15, 0.2) is 46.1 Å². The number of benzene rings is 1. The Hall–Kier alpha value is -1.09. The molecule has 1 aromatic heterocycles. The molecule has 3 N–H and O–H groups in total. The van der Waals surface area contributed by atoms with E-state index in [0.29, 0.717) is 12.5 Å². The van der Waals surface area contributed by atoms with Gasteiger partial charge in [-0.05, 0) is 45.0 Å². The Morgan fingerprint density at radius 2 is 1.95 bits per heavy atom. The largest absolute Gasteiger partial charge is 0.370 e. The summed E-state index contributed by atoms with van der Waals surface area (Å²) in [6, 6.07) is 7.97. The highest BCUT2D eigenvalue weighted by molar-refractivity contribution is 14.0. The minimum absolute atomic E-state index is 0. The zero-order valence-corrected chi connectivity index (χ0v) is 16.8. The number of aromatic nitrogens is 2. The first-order valence-corrected chi connectivity index (χ1v) is 7.50. The van der Waals surface area contributed by atoms with Crippen molar-refractivity contribution in [2.24, 2.45) is 10.7 Å². The van der Waals surface area contributed by atoms with Crippen LogP contribution in [0.4, 0.5) is 0 Å². The van der Waals surface area contributed by atoms with Crippen molar-refractivity contribution in [3.05, 3.63) is 46.7 Å². The molecule has 1 aromatic carbocycles. The number of rotatable bonds is 3. The summed E-state index contributed by atoms with van der Waals surface area (Å²) in [4.78, 5) is 4.32. The lowest BCUT2D eigenvalue weighted by molar-refractivity contribution is 0.508. The maximum Gasteiger partial charge on any atom is 0.189 e. The molecule has 0 atom stereocenters. The van der Waals surface area contributed by atoms with Crippen molar-refractivity contribution in [2.75, 3.05) is 0 Å². The quantitative estimate of drug-likeness (QED) is 0.404. The number of guanidine groups is 1. The number of nitrogens with zero attached hydrogens (tertiary/aromatic N) is 3. The summed E-state index contributed by atoms with van der Waals surface area (Å²) in [6.45, 7) is 6.63. The minimum Gasteiger partial charge on any atom is -0.370 e. The average molecular weight is 478 g/mol. The molecule has 2 aromatic rings. The molecule has 0 amide bonds. The first kappa shape index (κ1) is 19.0. The van der Waals surface area contributed by atoms with E-state index >= 15 is 0 Å². The van der Waals surface area contributed by atoms with Crippen molar-refractivity contribution in [3.63, 3.8) is 0 Å². The van der Waals surface area contributed by atoms with Crippen LogP contribution in [0.5, 0.6) is 0 Å². The molecule has 0 radical (unpaired) electrons. The molecule has 0 aliphatic carbocycles. The summed E-state index contributed by atoms with van der Waals surface area (Å²) in [5.74, 6) is 0.443. The smallest absolute Gasteiger partial charge is 0.189 e. The number of nitrogens with two attached hydrogens (primary N) is 1. The number of aliphatic imine (C=N–C) groups is 1. The predicted molar refractivity (Wildman–Crippen MR) is 105 cm³/mol. The Morgan fingerprint density at radius 3 is 2.55 bits per heavy atom. The highest BCUT2D eigenvalue weighted by Gasteiger charge is 2.09. The van der Waals surface area contributed by atoms with Gasteiger partial charge >= 0.3 is 0 Å². The Labute approximate surface area is 156 Å². The highest BCUT2D eigenvalue weighted by atomic mass is 127. The van der Waals surface area contributed by atoms with Crippen LogP contribution < -0.4 is 11.1 Å². The zero-order chi connectivity index (χ0) is 15.5. The summed E-state index contributed by atoms with van der Waals surface area (Å²) in [5, 5.41) is 7.47. The Kier molecular flexibility index (Phi) is 6.86. The molecule has 7 heteroatoms. The molecule has 0 fully saturated rings. The van der Waals surface area contributed by atoms with Crippen LogP contribution in [0.25, 0.3) is 5.69 Å². The van der Waals surface area contributed by atoms with Gasteiger partial charge in [-0.15, -0.1) is 24.0 Å². The van der Waals surface area contributed by atoms with Crippen molar-refractivity contribution < 1.29 is 0 Å². The molecule has 0 bridgehead atoms. The van der Waals surface area contributed by atoms with Crippen molar-refractivity contribution >= 4 is 45.9 Å². The van der Waals surface area contributed by atoms with Crippen molar-refractivity contribution in [1.82, 2.24) is 15.1 Å². The molecule has 120 valence electrons. The number of nitrogens with one attached hydrogen (secondary N) is 1. The Bertz CT molecular complexity index is 628. The van der Waals surface area contributed by atoms with Crippen LogP contribution in [-0.4, -0.2) is 21.3 Å². The third kappa shape index (κ3) is 5.96. The van der Waals surface area contributed by atoms with Gasteiger partial charge in [-0.3, -0.25) is 0 Å². The van der Waals surface area contributed by atoms with E-state index in [2.05, 4.69) is 31.3 Å². The van der Waals surface area contributed by atoms with Gasteiger partial charge in [0.1, 0.15) is 0 Å². The van der Waals surface area contributed by atoms with Gasteiger partial charge < -0.3 is 11.1 Å². The Morgan fingerprint density at radius 1 is 1.32 bits per heavy atom. The first-order valence-electron chi connectivity index (χ1n) is 6.71. The first-order chi connectivity index (χ1) is 9.83. The summed E-state index contributed by atoms with van der Waals surface area (Å²) < 4.78 is 2.87. The van der Waals surface area contributed by atoms with Crippen molar-refractivity contribution in [2.45, 2.75) is 32.9 Å². The minimum atomic E-state index is -0.0881. The van der Waals surface area contributed by atoms with E-state index in [1.807, 2.05) is 55.9 Å². The molecule has 0 aliphatic rings. The van der Waals surface area contributed by atoms with Crippen LogP contribution in [0.3, 0.4) is 0 Å². The van der Waals surface area contributed by atoms with Crippen LogP contribution >= 0.6 is 39.9 Å². The van der Waals surface area contributed by atoms with Gasteiger partial charge in [-0.25, -0.2) is 9.67 Å². The highest BCUT2D eigenvalue weighted by Crippen LogP contribution is 2.14. The molecule has 0 saturated carbocycles. The molecule has 0 saturated heterocycles. The van der Waals surface area contributed by atoms with E-state index < -0.39 is 0 Å². The fraction of sp³-hybridized carbons (Fsp3) is 0.333. The molecule has 5 nitrogen and oxygen atoms in total.